The molecular weight excluding hydrogens is 278 g/mol. The third-order valence-electron chi connectivity index (χ3n) is 3.64. The van der Waals surface area contributed by atoms with Gasteiger partial charge in [0.15, 0.2) is 0 Å². The summed E-state index contributed by atoms with van der Waals surface area (Å²) < 4.78 is 29.7. The van der Waals surface area contributed by atoms with Crippen molar-refractivity contribution in [2.45, 2.75) is 51.6 Å². The van der Waals surface area contributed by atoms with Crippen LogP contribution in [0, 0.1) is 11.8 Å². The molecule has 1 aliphatic carbocycles. The number of alkyl halides is 3. The van der Waals surface area contributed by atoms with E-state index in [9.17, 15) is 8.78 Å². The lowest BCUT2D eigenvalue weighted by atomic mass is 9.75. The molecule has 16 heavy (non-hydrogen) atoms. The summed E-state index contributed by atoms with van der Waals surface area (Å²) in [6, 6.07) is 0. The van der Waals surface area contributed by atoms with E-state index in [1.165, 1.54) is 0 Å². The molecule has 0 bridgehead atoms. The van der Waals surface area contributed by atoms with E-state index in [1.807, 2.05) is 0 Å². The van der Waals surface area contributed by atoms with Gasteiger partial charge in [0.1, 0.15) is 6.61 Å². The Morgan fingerprint density at radius 1 is 1.31 bits per heavy atom. The first-order valence-electron chi connectivity index (χ1n) is 5.97. The minimum Gasteiger partial charge on any atom is -0.368 e. The summed E-state index contributed by atoms with van der Waals surface area (Å²) in [5, 5.41) is 0.664. The molecule has 96 valence electrons. The van der Waals surface area contributed by atoms with Crippen molar-refractivity contribution in [3.05, 3.63) is 0 Å². The van der Waals surface area contributed by atoms with Crippen LogP contribution in [0.5, 0.6) is 0 Å². The van der Waals surface area contributed by atoms with E-state index in [-0.39, 0.29) is 5.60 Å². The lowest BCUT2D eigenvalue weighted by Gasteiger charge is -2.40. The Balaban J connectivity index is 2.45. The van der Waals surface area contributed by atoms with E-state index in [2.05, 4.69) is 29.8 Å². The first kappa shape index (κ1) is 14.4. The molecule has 1 aliphatic rings. The Bertz CT molecular complexity index is 201. The molecule has 0 spiro atoms. The van der Waals surface area contributed by atoms with E-state index in [0.29, 0.717) is 11.2 Å². The summed E-state index contributed by atoms with van der Waals surface area (Å²) in [7, 11) is 0. The Morgan fingerprint density at radius 2 is 1.88 bits per heavy atom. The van der Waals surface area contributed by atoms with E-state index < -0.39 is 13.0 Å². The molecule has 0 radical (unpaired) electrons. The van der Waals surface area contributed by atoms with Crippen LogP contribution in [0.2, 0.25) is 0 Å². The summed E-state index contributed by atoms with van der Waals surface area (Å²) in [5.41, 5.74) is -0.345. The number of rotatable bonds is 5. The monoisotopic (exact) mass is 298 g/mol. The highest BCUT2D eigenvalue weighted by Crippen LogP contribution is 2.39. The van der Waals surface area contributed by atoms with Gasteiger partial charge in [-0.3, -0.25) is 0 Å². The number of hydrogen-bond donors (Lipinski definition) is 0. The zero-order chi connectivity index (χ0) is 12.2. The summed E-state index contributed by atoms with van der Waals surface area (Å²) >= 11 is 3.41. The zero-order valence-electron chi connectivity index (χ0n) is 10.0. The van der Waals surface area contributed by atoms with Crippen molar-refractivity contribution in [2.24, 2.45) is 11.8 Å². The largest absolute Gasteiger partial charge is 0.368 e. The van der Waals surface area contributed by atoms with Crippen LogP contribution >= 0.6 is 15.9 Å². The summed E-state index contributed by atoms with van der Waals surface area (Å²) in [6.07, 6.45) is 1.61. The van der Waals surface area contributed by atoms with Gasteiger partial charge in [-0.2, -0.15) is 0 Å². The molecule has 0 aliphatic heterocycles. The van der Waals surface area contributed by atoms with Crippen LogP contribution in [-0.4, -0.2) is 24.0 Å². The molecule has 0 saturated heterocycles. The van der Waals surface area contributed by atoms with Crippen LogP contribution < -0.4 is 0 Å². The lowest BCUT2D eigenvalue weighted by Crippen LogP contribution is -2.40. The highest BCUT2D eigenvalue weighted by Gasteiger charge is 2.36. The molecule has 0 atom stereocenters. The predicted molar refractivity (Wildman–Crippen MR) is 65.3 cm³/mol. The van der Waals surface area contributed by atoms with Crippen molar-refractivity contribution in [1.82, 2.24) is 0 Å². The Kier molecular flexibility index (Phi) is 5.65. The van der Waals surface area contributed by atoms with Crippen LogP contribution in [0.1, 0.15) is 39.5 Å². The SMILES string of the molecule is CC(C)C1CCC(CBr)(OCC(F)F)CC1. The Labute approximate surface area is 105 Å². The van der Waals surface area contributed by atoms with Gasteiger partial charge >= 0.3 is 0 Å². The molecule has 1 nitrogen and oxygen atoms in total. The van der Waals surface area contributed by atoms with Crippen LogP contribution in [0.4, 0.5) is 8.78 Å². The standard InChI is InChI=1S/C12H21BrF2O/c1-9(2)10-3-5-12(8-13,6-4-10)16-7-11(14)15/h9-11H,3-8H2,1-2H3. The van der Waals surface area contributed by atoms with Gasteiger partial charge in [0, 0.05) is 5.33 Å². The first-order chi connectivity index (χ1) is 7.49. The van der Waals surface area contributed by atoms with Crippen LogP contribution in [0.15, 0.2) is 0 Å². The first-order valence-corrected chi connectivity index (χ1v) is 7.09. The average Bonchev–Trinajstić information content (AvgIpc) is 2.27. The minimum atomic E-state index is -2.36. The highest BCUT2D eigenvalue weighted by molar-refractivity contribution is 9.09. The Morgan fingerprint density at radius 3 is 2.25 bits per heavy atom. The second-order valence-electron chi connectivity index (χ2n) is 5.10. The quantitative estimate of drug-likeness (QED) is 0.690. The minimum absolute atomic E-state index is 0.345. The molecule has 0 aromatic carbocycles. The van der Waals surface area contributed by atoms with Crippen LogP contribution in [0.25, 0.3) is 0 Å². The fourth-order valence-corrected chi connectivity index (χ4v) is 3.11. The maximum atomic E-state index is 12.2. The molecule has 1 saturated carbocycles. The van der Waals surface area contributed by atoms with E-state index in [4.69, 9.17) is 4.74 Å². The molecule has 1 rings (SSSR count). The zero-order valence-corrected chi connectivity index (χ0v) is 11.6. The summed E-state index contributed by atoms with van der Waals surface area (Å²) in [4.78, 5) is 0. The van der Waals surface area contributed by atoms with Gasteiger partial charge in [0.2, 0.25) is 0 Å². The van der Waals surface area contributed by atoms with E-state index >= 15 is 0 Å². The maximum Gasteiger partial charge on any atom is 0.261 e. The lowest BCUT2D eigenvalue weighted by molar-refractivity contribution is -0.100. The van der Waals surface area contributed by atoms with Crippen LogP contribution in [-0.2, 0) is 4.74 Å². The maximum absolute atomic E-state index is 12.2. The van der Waals surface area contributed by atoms with Gasteiger partial charge < -0.3 is 4.74 Å². The van der Waals surface area contributed by atoms with Crippen molar-refractivity contribution in [3.8, 4) is 0 Å². The van der Waals surface area contributed by atoms with Gasteiger partial charge in [-0.05, 0) is 37.5 Å². The predicted octanol–water partition coefficient (Wildman–Crippen LogP) is 4.25. The average molecular weight is 299 g/mol. The molecule has 0 unspecified atom stereocenters. The van der Waals surface area contributed by atoms with Crippen molar-refractivity contribution in [2.75, 3.05) is 11.9 Å². The van der Waals surface area contributed by atoms with Gasteiger partial charge in [-0.15, -0.1) is 0 Å². The van der Waals surface area contributed by atoms with E-state index in [1.54, 1.807) is 0 Å². The molecule has 1 fully saturated rings. The van der Waals surface area contributed by atoms with Crippen molar-refractivity contribution >= 4 is 15.9 Å². The number of ether oxygens (including phenoxy) is 1. The highest BCUT2D eigenvalue weighted by atomic mass is 79.9. The molecule has 4 heteroatoms. The topological polar surface area (TPSA) is 9.23 Å². The van der Waals surface area contributed by atoms with Crippen molar-refractivity contribution in [3.63, 3.8) is 0 Å². The third-order valence-corrected chi connectivity index (χ3v) is 4.67. The van der Waals surface area contributed by atoms with Gasteiger partial charge in [-0.1, -0.05) is 29.8 Å². The second kappa shape index (κ2) is 6.29. The molecule has 0 aromatic heterocycles. The van der Waals surface area contributed by atoms with E-state index in [0.717, 1.165) is 31.6 Å². The smallest absolute Gasteiger partial charge is 0.261 e. The van der Waals surface area contributed by atoms with Crippen molar-refractivity contribution in [1.29, 1.82) is 0 Å². The molecule has 0 aromatic rings. The van der Waals surface area contributed by atoms with Gasteiger partial charge in [0.05, 0.1) is 5.60 Å². The summed E-state index contributed by atoms with van der Waals surface area (Å²) in [5.74, 6) is 1.41. The summed E-state index contributed by atoms with van der Waals surface area (Å²) in [6.45, 7) is 4.02. The third kappa shape index (κ3) is 3.95. The fourth-order valence-electron chi connectivity index (χ4n) is 2.39. The van der Waals surface area contributed by atoms with Gasteiger partial charge in [0.25, 0.3) is 6.43 Å². The van der Waals surface area contributed by atoms with Crippen LogP contribution in [0.3, 0.4) is 0 Å². The van der Waals surface area contributed by atoms with Gasteiger partial charge in [-0.25, -0.2) is 8.78 Å². The normalized spacial score (nSPS) is 31.3. The Hall–Kier alpha value is 0.300. The molecule has 0 amide bonds. The molecular formula is C12H21BrF2O. The molecule has 0 N–H and O–H groups in total. The second-order valence-corrected chi connectivity index (χ2v) is 5.66. The molecule has 0 heterocycles. The number of hydrogen-bond acceptors (Lipinski definition) is 1. The number of halogens is 3. The van der Waals surface area contributed by atoms with Crippen molar-refractivity contribution < 1.29 is 13.5 Å². The fraction of sp³-hybridized carbons (Fsp3) is 1.00.